The van der Waals surface area contributed by atoms with E-state index in [2.05, 4.69) is 16.7 Å². The van der Waals surface area contributed by atoms with Crippen LogP contribution in [-0.4, -0.2) is 44.7 Å². The third-order valence-corrected chi connectivity index (χ3v) is 4.79. The highest BCUT2D eigenvalue weighted by molar-refractivity contribution is 5.86. The van der Waals surface area contributed by atoms with Gasteiger partial charge in [0.15, 0.2) is 0 Å². The van der Waals surface area contributed by atoms with Crippen molar-refractivity contribution in [2.45, 2.75) is 45.1 Å². The summed E-state index contributed by atoms with van der Waals surface area (Å²) in [6, 6.07) is 5.57. The fourth-order valence-corrected chi connectivity index (χ4v) is 3.32. The first kappa shape index (κ1) is 19.2. The van der Waals surface area contributed by atoms with Gasteiger partial charge < -0.3 is 20.1 Å². The Morgan fingerprint density at radius 1 is 1.32 bits per heavy atom. The first-order valence-corrected chi connectivity index (χ1v) is 8.65. The maximum atomic E-state index is 12.3. The van der Waals surface area contributed by atoms with Crippen LogP contribution in [0.25, 0.3) is 0 Å². The molecule has 1 aromatic carbocycles. The van der Waals surface area contributed by atoms with Crippen LogP contribution in [0.2, 0.25) is 0 Å². The monoisotopic (exact) mass is 348 g/mol. The third-order valence-electron chi connectivity index (χ3n) is 4.79. The molecule has 0 spiro atoms. The van der Waals surface area contributed by atoms with Crippen LogP contribution in [-0.2, 0) is 19.7 Å². The predicted molar refractivity (Wildman–Crippen MR) is 95.8 cm³/mol. The van der Waals surface area contributed by atoms with Gasteiger partial charge in [0.2, 0.25) is 11.8 Å². The number of nitrogens with one attached hydrogen (secondary N) is 2. The smallest absolute Gasteiger partial charge is 0.242 e. The molecule has 0 aromatic heterocycles. The molecule has 0 aliphatic carbocycles. The summed E-state index contributed by atoms with van der Waals surface area (Å²) in [5, 5.41) is 5.62. The van der Waals surface area contributed by atoms with E-state index in [0.717, 1.165) is 29.7 Å². The van der Waals surface area contributed by atoms with Crippen molar-refractivity contribution in [2.24, 2.45) is 0 Å². The minimum absolute atomic E-state index is 0.187. The van der Waals surface area contributed by atoms with Gasteiger partial charge in [-0.2, -0.15) is 0 Å². The van der Waals surface area contributed by atoms with E-state index in [1.807, 2.05) is 19.1 Å². The molecule has 1 saturated heterocycles. The molecule has 1 aliphatic rings. The molecule has 138 valence electrons. The number of benzene rings is 1. The maximum Gasteiger partial charge on any atom is 0.242 e. The van der Waals surface area contributed by atoms with Crippen LogP contribution >= 0.6 is 0 Å². The fourth-order valence-electron chi connectivity index (χ4n) is 3.32. The standard InChI is InChI=1S/C19H28N2O4/c1-13-5-6-17(24-4)16(11-13)19(7-9-25-10-8-19)12-20-18(23)14(2)21-15(3)22/h5-6,11,14H,7-10,12H2,1-4H3,(H,20,23)(H,21,22). The second-order valence-corrected chi connectivity index (χ2v) is 6.74. The number of carbonyl (C=O) groups excluding carboxylic acids is 2. The summed E-state index contributed by atoms with van der Waals surface area (Å²) in [4.78, 5) is 23.5. The number of rotatable bonds is 6. The fraction of sp³-hybridized carbons (Fsp3) is 0.579. The van der Waals surface area contributed by atoms with Crippen molar-refractivity contribution in [2.75, 3.05) is 26.9 Å². The van der Waals surface area contributed by atoms with Crippen molar-refractivity contribution in [3.63, 3.8) is 0 Å². The summed E-state index contributed by atoms with van der Waals surface area (Å²) in [6.07, 6.45) is 1.61. The molecule has 1 aliphatic heterocycles. The molecule has 1 heterocycles. The zero-order valence-corrected chi connectivity index (χ0v) is 15.5. The van der Waals surface area contributed by atoms with Crippen molar-refractivity contribution in [1.82, 2.24) is 10.6 Å². The zero-order chi connectivity index (χ0) is 18.4. The largest absolute Gasteiger partial charge is 0.496 e. The van der Waals surface area contributed by atoms with Gasteiger partial charge in [0.1, 0.15) is 11.8 Å². The highest BCUT2D eigenvalue weighted by atomic mass is 16.5. The Bertz CT molecular complexity index is 624. The number of ether oxygens (including phenoxy) is 2. The summed E-state index contributed by atoms with van der Waals surface area (Å²) >= 11 is 0. The molecule has 1 aromatic rings. The molecule has 2 rings (SSSR count). The van der Waals surface area contributed by atoms with E-state index in [-0.39, 0.29) is 17.2 Å². The van der Waals surface area contributed by atoms with Gasteiger partial charge in [-0.1, -0.05) is 17.7 Å². The van der Waals surface area contributed by atoms with Crippen LogP contribution < -0.4 is 15.4 Å². The molecule has 2 amide bonds. The van der Waals surface area contributed by atoms with Crippen molar-refractivity contribution in [3.8, 4) is 5.75 Å². The molecular formula is C19H28N2O4. The summed E-state index contributed by atoms with van der Waals surface area (Å²) in [6.45, 7) is 6.91. The molecule has 2 N–H and O–H groups in total. The van der Waals surface area contributed by atoms with Gasteiger partial charge in [-0.25, -0.2) is 0 Å². The van der Waals surface area contributed by atoms with Gasteiger partial charge in [0, 0.05) is 37.7 Å². The van der Waals surface area contributed by atoms with E-state index in [0.29, 0.717) is 19.8 Å². The number of hydrogen-bond donors (Lipinski definition) is 2. The molecule has 6 nitrogen and oxygen atoms in total. The topological polar surface area (TPSA) is 76.7 Å². The molecule has 0 radical (unpaired) electrons. The van der Waals surface area contributed by atoms with Gasteiger partial charge in [-0.15, -0.1) is 0 Å². The average molecular weight is 348 g/mol. The van der Waals surface area contributed by atoms with Crippen LogP contribution in [0.15, 0.2) is 18.2 Å². The minimum Gasteiger partial charge on any atom is -0.496 e. The predicted octanol–water partition coefficient (Wildman–Crippen LogP) is 1.69. The lowest BCUT2D eigenvalue weighted by Gasteiger charge is -2.39. The zero-order valence-electron chi connectivity index (χ0n) is 15.5. The van der Waals surface area contributed by atoms with Crippen molar-refractivity contribution >= 4 is 11.8 Å². The van der Waals surface area contributed by atoms with Crippen LogP contribution in [0.5, 0.6) is 5.75 Å². The lowest BCUT2D eigenvalue weighted by atomic mass is 9.73. The Hall–Kier alpha value is -2.08. The first-order valence-electron chi connectivity index (χ1n) is 8.65. The van der Waals surface area contributed by atoms with E-state index in [1.54, 1.807) is 14.0 Å². The molecule has 1 unspecified atom stereocenters. The Labute approximate surface area is 149 Å². The molecule has 6 heteroatoms. The SMILES string of the molecule is COc1ccc(C)cc1C1(CNC(=O)C(C)NC(C)=O)CCOCC1. The molecule has 25 heavy (non-hydrogen) atoms. The van der Waals surface area contributed by atoms with Gasteiger partial charge in [-0.3, -0.25) is 9.59 Å². The lowest BCUT2D eigenvalue weighted by Crippen LogP contribution is -2.50. The maximum absolute atomic E-state index is 12.3. The van der Waals surface area contributed by atoms with Gasteiger partial charge in [-0.05, 0) is 32.8 Å². The Kier molecular flexibility index (Phi) is 6.42. The van der Waals surface area contributed by atoms with Crippen molar-refractivity contribution in [1.29, 1.82) is 0 Å². The number of carbonyl (C=O) groups is 2. The van der Waals surface area contributed by atoms with Crippen LogP contribution in [0.1, 0.15) is 37.8 Å². The number of methoxy groups -OCH3 is 1. The van der Waals surface area contributed by atoms with E-state index in [4.69, 9.17) is 9.47 Å². The van der Waals surface area contributed by atoms with Crippen LogP contribution in [0.3, 0.4) is 0 Å². The van der Waals surface area contributed by atoms with E-state index < -0.39 is 6.04 Å². The number of aryl methyl sites for hydroxylation is 1. The van der Waals surface area contributed by atoms with Crippen molar-refractivity contribution < 1.29 is 19.1 Å². The lowest BCUT2D eigenvalue weighted by molar-refractivity contribution is -0.127. The van der Waals surface area contributed by atoms with E-state index in [1.165, 1.54) is 6.92 Å². The van der Waals surface area contributed by atoms with Crippen molar-refractivity contribution in [3.05, 3.63) is 29.3 Å². The Morgan fingerprint density at radius 2 is 2.00 bits per heavy atom. The molecule has 1 atom stereocenters. The first-order chi connectivity index (χ1) is 11.9. The summed E-state index contributed by atoms with van der Waals surface area (Å²) < 4.78 is 11.1. The summed E-state index contributed by atoms with van der Waals surface area (Å²) in [5.41, 5.74) is 2.02. The third kappa shape index (κ3) is 4.72. The summed E-state index contributed by atoms with van der Waals surface area (Å²) in [7, 11) is 1.67. The normalized spacial score (nSPS) is 17.4. The number of amides is 2. The van der Waals surface area contributed by atoms with Crippen LogP contribution in [0.4, 0.5) is 0 Å². The Balaban J connectivity index is 2.23. The molecule has 0 bridgehead atoms. The second kappa shape index (κ2) is 8.34. The molecule has 1 fully saturated rings. The van der Waals surface area contributed by atoms with Crippen LogP contribution in [0, 0.1) is 6.92 Å². The van der Waals surface area contributed by atoms with E-state index in [9.17, 15) is 9.59 Å². The highest BCUT2D eigenvalue weighted by Gasteiger charge is 2.37. The van der Waals surface area contributed by atoms with Gasteiger partial charge in [0.25, 0.3) is 0 Å². The highest BCUT2D eigenvalue weighted by Crippen LogP contribution is 2.40. The van der Waals surface area contributed by atoms with E-state index >= 15 is 0 Å². The quantitative estimate of drug-likeness (QED) is 0.820. The molecular weight excluding hydrogens is 320 g/mol. The average Bonchev–Trinajstić information content (AvgIpc) is 2.59. The minimum atomic E-state index is -0.561. The summed E-state index contributed by atoms with van der Waals surface area (Å²) in [5.74, 6) is 0.424. The Morgan fingerprint density at radius 3 is 2.60 bits per heavy atom. The van der Waals surface area contributed by atoms with Gasteiger partial charge >= 0.3 is 0 Å². The number of hydrogen-bond acceptors (Lipinski definition) is 4. The molecule has 0 saturated carbocycles. The second-order valence-electron chi connectivity index (χ2n) is 6.74. The van der Waals surface area contributed by atoms with Gasteiger partial charge in [0.05, 0.1) is 7.11 Å².